The number of para-hydroxylation sites is 1. The summed E-state index contributed by atoms with van der Waals surface area (Å²) in [7, 11) is -2.71. The summed E-state index contributed by atoms with van der Waals surface area (Å²) in [6, 6.07) is 26.0. The first-order valence-electron chi connectivity index (χ1n) is 14.6. The van der Waals surface area contributed by atoms with Crippen LogP contribution in [0, 0.1) is 11.7 Å². The normalized spacial score (nSPS) is 11.9. The van der Waals surface area contributed by atoms with Crippen molar-refractivity contribution in [3.63, 3.8) is 0 Å². The highest BCUT2D eigenvalue weighted by Gasteiger charge is 2.22. The first-order chi connectivity index (χ1) is 21.5. The monoisotopic (exact) mass is 632 g/mol. The summed E-state index contributed by atoms with van der Waals surface area (Å²) in [5, 5.41) is 3.09. The molecule has 0 fully saturated rings. The summed E-state index contributed by atoms with van der Waals surface area (Å²) >= 11 is 0. The number of carbonyl (C=O) groups excluding carboxylic acids is 2. The van der Waals surface area contributed by atoms with Gasteiger partial charge in [0, 0.05) is 18.1 Å². The Morgan fingerprint density at radius 3 is 2.27 bits per heavy atom. The number of ether oxygens (including phenoxy) is 2. The number of sulfonamides is 1. The van der Waals surface area contributed by atoms with Crippen molar-refractivity contribution in [2.24, 2.45) is 5.92 Å². The van der Waals surface area contributed by atoms with Crippen molar-refractivity contribution in [3.05, 3.63) is 125 Å². The molecule has 236 valence electrons. The summed E-state index contributed by atoms with van der Waals surface area (Å²) in [6.07, 6.45) is 0.540. The fourth-order valence-corrected chi connectivity index (χ4v) is 5.83. The van der Waals surface area contributed by atoms with E-state index in [2.05, 4.69) is 10.0 Å². The number of benzene rings is 4. The van der Waals surface area contributed by atoms with Crippen LogP contribution in [0.5, 0.6) is 11.5 Å². The number of aryl methyl sites for hydroxylation is 1. The van der Waals surface area contributed by atoms with Crippen molar-refractivity contribution in [3.8, 4) is 11.5 Å². The molecule has 2 amide bonds. The number of carbonyl (C=O) groups is 2. The average Bonchev–Trinajstić information content (AvgIpc) is 3.03. The van der Waals surface area contributed by atoms with Crippen molar-refractivity contribution in [2.45, 2.75) is 50.7 Å². The van der Waals surface area contributed by atoms with Gasteiger partial charge in [-0.15, -0.1) is 0 Å². The fourth-order valence-electron chi connectivity index (χ4n) is 4.78. The molecule has 0 saturated heterocycles. The van der Waals surface area contributed by atoms with E-state index in [4.69, 9.17) is 9.47 Å². The predicted molar refractivity (Wildman–Crippen MR) is 170 cm³/mol. The Morgan fingerprint density at radius 2 is 1.58 bits per heavy atom. The highest BCUT2D eigenvalue weighted by Crippen LogP contribution is 2.24. The van der Waals surface area contributed by atoms with Gasteiger partial charge < -0.3 is 14.8 Å². The van der Waals surface area contributed by atoms with Crippen LogP contribution < -0.4 is 19.5 Å². The molecule has 10 heteroatoms. The minimum absolute atomic E-state index is 0.102. The number of hydrogen-bond acceptors (Lipinski definition) is 6. The molecule has 0 saturated carbocycles. The third-order valence-electron chi connectivity index (χ3n) is 7.07. The van der Waals surface area contributed by atoms with E-state index in [-0.39, 0.29) is 48.0 Å². The molecule has 1 unspecified atom stereocenters. The van der Waals surface area contributed by atoms with Crippen molar-refractivity contribution < 1.29 is 31.9 Å². The van der Waals surface area contributed by atoms with Gasteiger partial charge in [0.05, 0.1) is 18.0 Å². The highest BCUT2D eigenvalue weighted by atomic mass is 32.2. The van der Waals surface area contributed by atoms with Gasteiger partial charge in [-0.25, -0.2) is 17.5 Å². The van der Waals surface area contributed by atoms with E-state index >= 15 is 0 Å². The molecule has 4 aromatic carbocycles. The molecule has 0 heterocycles. The van der Waals surface area contributed by atoms with E-state index in [0.717, 1.165) is 11.1 Å². The maximum Gasteiger partial charge on any atom is 0.264 e. The molecule has 0 aliphatic heterocycles. The molecule has 0 aromatic heterocycles. The zero-order valence-corrected chi connectivity index (χ0v) is 26.3. The quantitative estimate of drug-likeness (QED) is 0.167. The standard InChI is InChI=1S/C35H37FN2O6S/c1-24(2)20-33(27-14-17-28(36)18-15-27)37-35(40)32-21-25(23-44-29-8-5-4-6-9-29)12-13-26(32)16-19-34(39)38-45(41,42)31-11-7-10-30(22-31)43-3/h4-15,17-18,21-22,24,33H,16,19-20,23H2,1-3H3,(H,37,40)(H,38,39). The van der Waals surface area contributed by atoms with Crippen molar-refractivity contribution in [2.75, 3.05) is 7.11 Å². The Hall–Kier alpha value is -4.70. The smallest absolute Gasteiger partial charge is 0.264 e. The maximum atomic E-state index is 13.8. The molecule has 0 radical (unpaired) electrons. The van der Waals surface area contributed by atoms with Gasteiger partial charge in [-0.3, -0.25) is 9.59 Å². The lowest BCUT2D eigenvalue weighted by Crippen LogP contribution is -2.32. The third-order valence-corrected chi connectivity index (χ3v) is 8.44. The number of nitrogens with one attached hydrogen (secondary N) is 2. The SMILES string of the molecule is COc1cccc(S(=O)(=O)NC(=O)CCc2ccc(COc3ccccc3)cc2C(=O)NC(CC(C)C)c2ccc(F)cc2)c1. The number of rotatable bonds is 14. The van der Waals surface area contributed by atoms with Crippen LogP contribution >= 0.6 is 0 Å². The van der Waals surface area contributed by atoms with Gasteiger partial charge in [0.15, 0.2) is 0 Å². The Bertz CT molecular complexity index is 1710. The summed E-state index contributed by atoms with van der Waals surface area (Å²) < 4.78 is 52.3. The van der Waals surface area contributed by atoms with Crippen molar-refractivity contribution >= 4 is 21.8 Å². The summed E-state index contributed by atoms with van der Waals surface area (Å²) in [5.41, 5.74) is 2.40. The first kappa shape index (κ1) is 33.2. The molecular weight excluding hydrogens is 595 g/mol. The van der Waals surface area contributed by atoms with Gasteiger partial charge in [-0.05, 0) is 77.9 Å². The summed E-state index contributed by atoms with van der Waals surface area (Å²) in [6.45, 7) is 4.28. The van der Waals surface area contributed by atoms with Crippen molar-refractivity contribution in [1.82, 2.24) is 10.0 Å². The predicted octanol–water partition coefficient (Wildman–Crippen LogP) is 6.37. The Labute approximate surface area is 263 Å². The second kappa shape index (κ2) is 15.3. The second-order valence-electron chi connectivity index (χ2n) is 11.0. The zero-order chi connectivity index (χ0) is 32.4. The lowest BCUT2D eigenvalue weighted by atomic mass is 9.95. The van der Waals surface area contributed by atoms with Gasteiger partial charge in [0.1, 0.15) is 23.9 Å². The molecule has 8 nitrogen and oxygen atoms in total. The van der Waals surface area contributed by atoms with Crippen molar-refractivity contribution in [1.29, 1.82) is 0 Å². The maximum absolute atomic E-state index is 13.8. The van der Waals surface area contributed by atoms with Crippen LogP contribution in [0.4, 0.5) is 4.39 Å². The molecule has 1 atom stereocenters. The lowest BCUT2D eigenvalue weighted by molar-refractivity contribution is -0.119. The number of hydrogen-bond donors (Lipinski definition) is 2. The van der Waals surface area contributed by atoms with Crippen LogP contribution in [-0.4, -0.2) is 27.3 Å². The Morgan fingerprint density at radius 1 is 0.867 bits per heavy atom. The van der Waals surface area contributed by atoms with Gasteiger partial charge in [0.2, 0.25) is 5.91 Å². The largest absolute Gasteiger partial charge is 0.497 e. The molecular formula is C35H37FN2O6S. The van der Waals surface area contributed by atoms with E-state index in [1.54, 1.807) is 30.3 Å². The second-order valence-corrected chi connectivity index (χ2v) is 12.7. The zero-order valence-electron chi connectivity index (χ0n) is 25.5. The Kier molecular flexibility index (Phi) is 11.3. The third kappa shape index (κ3) is 9.64. The van der Waals surface area contributed by atoms with Gasteiger partial charge in [0.25, 0.3) is 15.9 Å². The fraction of sp³-hybridized carbons (Fsp3) is 0.257. The van der Waals surface area contributed by atoms with Crippen LogP contribution in [0.25, 0.3) is 0 Å². The average molecular weight is 633 g/mol. The molecule has 2 N–H and O–H groups in total. The van der Waals surface area contributed by atoms with E-state index in [9.17, 15) is 22.4 Å². The number of halogens is 1. The molecule has 4 rings (SSSR count). The number of methoxy groups -OCH3 is 1. The molecule has 0 aliphatic rings. The molecule has 45 heavy (non-hydrogen) atoms. The molecule has 0 bridgehead atoms. The van der Waals surface area contributed by atoms with Gasteiger partial charge in [-0.1, -0.05) is 62.4 Å². The molecule has 0 aliphatic carbocycles. The van der Waals surface area contributed by atoms with E-state index in [0.29, 0.717) is 29.0 Å². The summed E-state index contributed by atoms with van der Waals surface area (Å²) in [4.78, 5) is 26.5. The minimum Gasteiger partial charge on any atom is -0.497 e. The van der Waals surface area contributed by atoms with Crippen LogP contribution in [0.15, 0.2) is 102 Å². The Balaban J connectivity index is 1.55. The van der Waals surface area contributed by atoms with Gasteiger partial charge >= 0.3 is 0 Å². The molecule has 0 spiro atoms. The number of amides is 2. The highest BCUT2D eigenvalue weighted by molar-refractivity contribution is 7.90. The topological polar surface area (TPSA) is 111 Å². The van der Waals surface area contributed by atoms with E-state index < -0.39 is 15.9 Å². The lowest BCUT2D eigenvalue weighted by Gasteiger charge is -2.22. The van der Waals surface area contributed by atoms with Crippen LogP contribution in [0.3, 0.4) is 0 Å². The van der Waals surface area contributed by atoms with Crippen LogP contribution in [0.1, 0.15) is 59.8 Å². The first-order valence-corrected chi connectivity index (χ1v) is 16.1. The summed E-state index contributed by atoms with van der Waals surface area (Å²) in [5.74, 6) is -0.201. The van der Waals surface area contributed by atoms with Crippen LogP contribution in [-0.2, 0) is 27.8 Å². The van der Waals surface area contributed by atoms with E-state index in [1.807, 2.05) is 50.2 Å². The minimum atomic E-state index is -4.13. The molecule has 4 aromatic rings. The van der Waals surface area contributed by atoms with Gasteiger partial charge in [-0.2, -0.15) is 0 Å². The van der Waals surface area contributed by atoms with Crippen LogP contribution in [0.2, 0.25) is 0 Å². The van der Waals surface area contributed by atoms with E-state index in [1.165, 1.54) is 37.4 Å².